The summed E-state index contributed by atoms with van der Waals surface area (Å²) in [6.07, 6.45) is 3.12. The lowest BCUT2D eigenvalue weighted by molar-refractivity contribution is -0.135. The van der Waals surface area contributed by atoms with E-state index in [-0.39, 0.29) is 17.7 Å². The SMILES string of the molecule is CCNC(=O)CN1CCN(C(=O)C2CCCc3ccccc32)CC1. The van der Waals surface area contributed by atoms with Crippen molar-refractivity contribution in [3.05, 3.63) is 35.4 Å². The van der Waals surface area contributed by atoms with Crippen molar-refractivity contribution in [3.8, 4) is 0 Å². The van der Waals surface area contributed by atoms with Crippen molar-refractivity contribution in [1.29, 1.82) is 0 Å². The van der Waals surface area contributed by atoms with Crippen LogP contribution in [0.1, 0.15) is 36.8 Å². The van der Waals surface area contributed by atoms with Crippen molar-refractivity contribution in [2.24, 2.45) is 0 Å². The lowest BCUT2D eigenvalue weighted by Gasteiger charge is -2.37. The number of carbonyl (C=O) groups excluding carboxylic acids is 2. The summed E-state index contributed by atoms with van der Waals surface area (Å²) < 4.78 is 0. The maximum absolute atomic E-state index is 13.0. The molecule has 1 fully saturated rings. The molecule has 1 aromatic carbocycles. The van der Waals surface area contributed by atoms with Crippen LogP contribution in [-0.4, -0.2) is 60.9 Å². The van der Waals surface area contributed by atoms with Crippen LogP contribution in [0.25, 0.3) is 0 Å². The highest BCUT2D eigenvalue weighted by molar-refractivity contribution is 5.84. The van der Waals surface area contributed by atoms with Crippen molar-refractivity contribution < 1.29 is 9.59 Å². The minimum absolute atomic E-state index is 0.0184. The topological polar surface area (TPSA) is 52.7 Å². The van der Waals surface area contributed by atoms with E-state index in [0.717, 1.165) is 45.4 Å². The van der Waals surface area contributed by atoms with Gasteiger partial charge in [0.2, 0.25) is 11.8 Å². The summed E-state index contributed by atoms with van der Waals surface area (Å²) in [4.78, 5) is 28.8. The molecular weight excluding hydrogens is 302 g/mol. The summed E-state index contributed by atoms with van der Waals surface area (Å²) in [6, 6.07) is 8.36. The molecule has 5 nitrogen and oxygen atoms in total. The van der Waals surface area contributed by atoms with Gasteiger partial charge in [0.1, 0.15) is 0 Å². The summed E-state index contributed by atoms with van der Waals surface area (Å²) in [5.74, 6) is 0.350. The van der Waals surface area contributed by atoms with E-state index in [1.165, 1.54) is 11.1 Å². The second kappa shape index (κ2) is 7.79. The number of amides is 2. The summed E-state index contributed by atoms with van der Waals surface area (Å²) >= 11 is 0. The van der Waals surface area contributed by atoms with E-state index in [1.54, 1.807) is 0 Å². The van der Waals surface area contributed by atoms with Crippen LogP contribution in [0.2, 0.25) is 0 Å². The second-order valence-electron chi connectivity index (χ2n) is 6.70. The Bertz CT molecular complexity index is 594. The number of piperazine rings is 1. The highest BCUT2D eigenvalue weighted by Gasteiger charge is 2.31. The van der Waals surface area contributed by atoms with E-state index in [2.05, 4.69) is 28.4 Å². The molecule has 1 aromatic rings. The van der Waals surface area contributed by atoms with Crippen molar-refractivity contribution in [1.82, 2.24) is 15.1 Å². The van der Waals surface area contributed by atoms with Crippen LogP contribution < -0.4 is 5.32 Å². The zero-order valence-corrected chi connectivity index (χ0v) is 14.5. The van der Waals surface area contributed by atoms with Crippen molar-refractivity contribution in [3.63, 3.8) is 0 Å². The molecule has 1 unspecified atom stereocenters. The fraction of sp³-hybridized carbons (Fsp3) is 0.579. The van der Waals surface area contributed by atoms with Gasteiger partial charge in [0, 0.05) is 32.7 Å². The van der Waals surface area contributed by atoms with E-state index in [1.807, 2.05) is 17.9 Å². The summed E-state index contributed by atoms with van der Waals surface area (Å²) in [5, 5.41) is 2.83. The van der Waals surface area contributed by atoms with E-state index in [4.69, 9.17) is 0 Å². The highest BCUT2D eigenvalue weighted by Crippen LogP contribution is 2.33. The van der Waals surface area contributed by atoms with Gasteiger partial charge in [-0.1, -0.05) is 24.3 Å². The maximum atomic E-state index is 13.0. The first kappa shape index (κ1) is 17.0. The lowest BCUT2D eigenvalue weighted by atomic mass is 9.82. The molecule has 1 aliphatic heterocycles. The Hall–Kier alpha value is -1.88. The number of fused-ring (bicyclic) bond motifs is 1. The molecule has 0 aromatic heterocycles. The van der Waals surface area contributed by atoms with Gasteiger partial charge in [-0.3, -0.25) is 14.5 Å². The molecule has 1 atom stereocenters. The predicted molar refractivity (Wildman–Crippen MR) is 93.8 cm³/mol. The fourth-order valence-electron chi connectivity index (χ4n) is 3.81. The molecule has 0 saturated carbocycles. The first-order chi connectivity index (χ1) is 11.7. The molecule has 130 valence electrons. The molecule has 0 spiro atoms. The molecule has 2 aliphatic rings. The normalized spacial score (nSPS) is 21.2. The number of hydrogen-bond donors (Lipinski definition) is 1. The quantitative estimate of drug-likeness (QED) is 0.908. The number of benzene rings is 1. The van der Waals surface area contributed by atoms with Crippen molar-refractivity contribution in [2.45, 2.75) is 32.1 Å². The molecule has 5 heteroatoms. The number of nitrogens with zero attached hydrogens (tertiary/aromatic N) is 2. The van der Waals surface area contributed by atoms with Gasteiger partial charge < -0.3 is 10.2 Å². The average Bonchev–Trinajstić information content (AvgIpc) is 2.61. The number of carbonyl (C=O) groups is 2. The van der Waals surface area contributed by atoms with Gasteiger partial charge >= 0.3 is 0 Å². The molecule has 1 aliphatic carbocycles. The number of rotatable bonds is 4. The van der Waals surface area contributed by atoms with Crippen LogP contribution in [0.15, 0.2) is 24.3 Å². The largest absolute Gasteiger partial charge is 0.355 e. The molecule has 3 rings (SSSR count). The Morgan fingerprint density at radius 2 is 1.92 bits per heavy atom. The Kier molecular flexibility index (Phi) is 5.51. The number of likely N-dealkylation sites (N-methyl/N-ethyl adjacent to an activating group) is 1. The van der Waals surface area contributed by atoms with Gasteiger partial charge in [0.05, 0.1) is 12.5 Å². The molecular formula is C19H27N3O2. The number of hydrogen-bond acceptors (Lipinski definition) is 3. The van der Waals surface area contributed by atoms with Crippen molar-refractivity contribution in [2.75, 3.05) is 39.3 Å². The third-order valence-corrected chi connectivity index (χ3v) is 5.09. The monoisotopic (exact) mass is 329 g/mol. The van der Waals surface area contributed by atoms with Gasteiger partial charge in [-0.05, 0) is 37.3 Å². The van der Waals surface area contributed by atoms with Crippen LogP contribution in [0, 0.1) is 0 Å². The Balaban J connectivity index is 1.57. The smallest absolute Gasteiger partial charge is 0.234 e. The molecule has 1 N–H and O–H groups in total. The minimum atomic E-state index is 0.0184. The van der Waals surface area contributed by atoms with Crippen LogP contribution in [-0.2, 0) is 16.0 Å². The minimum Gasteiger partial charge on any atom is -0.355 e. The Labute approximate surface area is 144 Å². The standard InChI is InChI=1S/C19H27N3O2/c1-2-20-18(23)14-21-10-12-22(13-11-21)19(24)17-9-5-7-15-6-3-4-8-16(15)17/h3-4,6,8,17H,2,5,7,9-14H2,1H3,(H,20,23). The van der Waals surface area contributed by atoms with E-state index < -0.39 is 0 Å². The summed E-state index contributed by atoms with van der Waals surface area (Å²) in [5.41, 5.74) is 2.55. The molecule has 0 radical (unpaired) electrons. The van der Waals surface area contributed by atoms with Gasteiger partial charge in [0.15, 0.2) is 0 Å². The van der Waals surface area contributed by atoms with E-state index in [9.17, 15) is 9.59 Å². The summed E-state index contributed by atoms with van der Waals surface area (Å²) in [7, 11) is 0. The molecule has 2 amide bonds. The summed E-state index contributed by atoms with van der Waals surface area (Å²) in [6.45, 7) is 6.01. The fourth-order valence-corrected chi connectivity index (χ4v) is 3.81. The Morgan fingerprint density at radius 3 is 2.67 bits per heavy atom. The van der Waals surface area contributed by atoms with Gasteiger partial charge in [-0.15, -0.1) is 0 Å². The molecule has 24 heavy (non-hydrogen) atoms. The third kappa shape index (κ3) is 3.78. The third-order valence-electron chi connectivity index (χ3n) is 5.09. The highest BCUT2D eigenvalue weighted by atomic mass is 16.2. The average molecular weight is 329 g/mol. The molecule has 1 heterocycles. The van der Waals surface area contributed by atoms with E-state index in [0.29, 0.717) is 13.1 Å². The van der Waals surface area contributed by atoms with Crippen LogP contribution >= 0.6 is 0 Å². The van der Waals surface area contributed by atoms with Gasteiger partial charge in [0.25, 0.3) is 0 Å². The van der Waals surface area contributed by atoms with Gasteiger partial charge in [-0.25, -0.2) is 0 Å². The lowest BCUT2D eigenvalue weighted by Crippen LogP contribution is -2.52. The molecule has 0 bridgehead atoms. The van der Waals surface area contributed by atoms with Crippen LogP contribution in [0.4, 0.5) is 0 Å². The predicted octanol–water partition coefficient (Wildman–Crippen LogP) is 1.39. The van der Waals surface area contributed by atoms with Crippen molar-refractivity contribution >= 4 is 11.8 Å². The van der Waals surface area contributed by atoms with Crippen LogP contribution in [0.3, 0.4) is 0 Å². The molecule has 1 saturated heterocycles. The first-order valence-electron chi connectivity index (χ1n) is 9.04. The Morgan fingerprint density at radius 1 is 1.17 bits per heavy atom. The van der Waals surface area contributed by atoms with E-state index >= 15 is 0 Å². The zero-order chi connectivity index (χ0) is 16.9. The zero-order valence-electron chi connectivity index (χ0n) is 14.5. The number of aryl methyl sites for hydroxylation is 1. The first-order valence-corrected chi connectivity index (χ1v) is 9.04. The number of nitrogens with one attached hydrogen (secondary N) is 1. The van der Waals surface area contributed by atoms with Gasteiger partial charge in [-0.2, -0.15) is 0 Å². The maximum Gasteiger partial charge on any atom is 0.234 e. The van der Waals surface area contributed by atoms with Crippen LogP contribution in [0.5, 0.6) is 0 Å². The second-order valence-corrected chi connectivity index (χ2v) is 6.70.